The van der Waals surface area contributed by atoms with Crippen molar-refractivity contribution in [2.45, 2.75) is 25.2 Å². The Labute approximate surface area is 289 Å². The number of hydrogen-bond acceptors (Lipinski definition) is 7. The number of ether oxygens (including phenoxy) is 1. The maximum Gasteiger partial charge on any atom is 0.228 e. The lowest BCUT2D eigenvalue weighted by Gasteiger charge is -2.32. The number of benzene rings is 4. The zero-order valence-corrected chi connectivity index (χ0v) is 28.4. The fraction of sp³-hybridized carbons (Fsp3) is 0.293. The van der Waals surface area contributed by atoms with Crippen LogP contribution in [0.15, 0.2) is 103 Å². The van der Waals surface area contributed by atoms with Gasteiger partial charge in [0, 0.05) is 61.7 Å². The Kier molecular flexibility index (Phi) is 9.96. The standard InChI is InChI=1S/C41H44N6O2/c1-46-21-23-47(24-22-46)20-8-19-42-41-43-28-33-26-37(35-11-6-7-12-36(35)40(33)45-41)30-13-16-34(17-14-30)44-39(48)27-32-25-31(15-18-38(32)49-2)29-9-4-3-5-10-29/h3-7,9-18,25,28,37H,8,19-24,26-27H2,1-2H3,(H,44,48)(H,42,43,45). The van der Waals surface area contributed by atoms with Gasteiger partial charge in [-0.1, -0.05) is 72.8 Å². The molecule has 1 aromatic heterocycles. The Balaban J connectivity index is 0.997. The lowest BCUT2D eigenvalue weighted by Crippen LogP contribution is -2.44. The Morgan fingerprint density at radius 3 is 2.47 bits per heavy atom. The quantitative estimate of drug-likeness (QED) is 0.153. The van der Waals surface area contributed by atoms with Gasteiger partial charge in [-0.05, 0) is 78.5 Å². The summed E-state index contributed by atoms with van der Waals surface area (Å²) in [5, 5.41) is 6.56. The Hall–Kier alpha value is -5.05. The normalized spacial score (nSPS) is 16.0. The molecule has 0 bridgehead atoms. The van der Waals surface area contributed by atoms with Crippen LogP contribution in [0.2, 0.25) is 0 Å². The summed E-state index contributed by atoms with van der Waals surface area (Å²) in [4.78, 5) is 27.8. The molecule has 1 unspecified atom stereocenters. The number of rotatable bonds is 11. The van der Waals surface area contributed by atoms with Gasteiger partial charge < -0.3 is 25.2 Å². The number of likely N-dealkylation sites (N-methyl/N-ethyl adjacent to an activating group) is 1. The SMILES string of the molecule is COc1ccc(-c2ccccc2)cc1CC(=O)Nc1ccc(C2Cc3cnc(NCCCN4CCN(C)CC4)nc3-c3ccccc32)cc1. The third-order valence-electron chi connectivity index (χ3n) is 9.75. The molecule has 2 heterocycles. The molecule has 49 heavy (non-hydrogen) atoms. The average molecular weight is 653 g/mol. The number of anilines is 2. The van der Waals surface area contributed by atoms with Crippen LogP contribution in [0.4, 0.5) is 11.6 Å². The predicted molar refractivity (Wildman–Crippen MR) is 197 cm³/mol. The smallest absolute Gasteiger partial charge is 0.228 e. The molecule has 0 radical (unpaired) electrons. The van der Waals surface area contributed by atoms with E-state index in [0.29, 0.717) is 11.7 Å². The lowest BCUT2D eigenvalue weighted by atomic mass is 9.78. The molecule has 1 aliphatic heterocycles. The van der Waals surface area contributed by atoms with Crippen LogP contribution < -0.4 is 15.4 Å². The summed E-state index contributed by atoms with van der Waals surface area (Å²) >= 11 is 0. The number of fused-ring (bicyclic) bond motifs is 3. The van der Waals surface area contributed by atoms with E-state index in [1.807, 2.05) is 54.7 Å². The van der Waals surface area contributed by atoms with E-state index in [2.05, 4.69) is 76.0 Å². The van der Waals surface area contributed by atoms with Gasteiger partial charge in [-0.2, -0.15) is 0 Å². The number of hydrogen-bond donors (Lipinski definition) is 2. The van der Waals surface area contributed by atoms with Gasteiger partial charge in [0.1, 0.15) is 5.75 Å². The van der Waals surface area contributed by atoms with E-state index < -0.39 is 0 Å². The van der Waals surface area contributed by atoms with Crippen molar-refractivity contribution in [2.24, 2.45) is 0 Å². The fourth-order valence-corrected chi connectivity index (χ4v) is 7.00. The molecule has 1 atom stereocenters. The first-order valence-electron chi connectivity index (χ1n) is 17.3. The fourth-order valence-electron chi connectivity index (χ4n) is 7.00. The van der Waals surface area contributed by atoms with E-state index in [4.69, 9.17) is 14.7 Å². The summed E-state index contributed by atoms with van der Waals surface area (Å²) in [6.07, 6.45) is 4.09. The predicted octanol–water partition coefficient (Wildman–Crippen LogP) is 6.74. The van der Waals surface area contributed by atoms with Crippen LogP contribution in [0.1, 0.15) is 34.6 Å². The van der Waals surface area contributed by atoms with Gasteiger partial charge in [-0.15, -0.1) is 0 Å². The molecule has 8 heteroatoms. The maximum atomic E-state index is 13.2. The molecule has 5 aromatic rings. The van der Waals surface area contributed by atoms with Crippen molar-refractivity contribution in [1.29, 1.82) is 0 Å². The molecule has 1 fully saturated rings. The second-order valence-corrected chi connectivity index (χ2v) is 13.1. The van der Waals surface area contributed by atoms with Crippen molar-refractivity contribution < 1.29 is 9.53 Å². The first-order valence-corrected chi connectivity index (χ1v) is 17.3. The maximum absolute atomic E-state index is 13.2. The van der Waals surface area contributed by atoms with E-state index in [-0.39, 0.29) is 18.2 Å². The van der Waals surface area contributed by atoms with Gasteiger partial charge in [-0.3, -0.25) is 4.79 Å². The molecule has 2 aliphatic rings. The van der Waals surface area contributed by atoms with E-state index in [0.717, 1.165) is 91.3 Å². The number of aromatic nitrogens is 2. The number of amides is 1. The zero-order chi connectivity index (χ0) is 33.6. The second-order valence-electron chi connectivity index (χ2n) is 13.1. The molecule has 7 rings (SSSR count). The summed E-state index contributed by atoms with van der Waals surface area (Å²) < 4.78 is 5.58. The average Bonchev–Trinajstić information content (AvgIpc) is 3.14. The molecule has 1 aliphatic carbocycles. The molecule has 0 saturated carbocycles. The number of methoxy groups -OCH3 is 1. The highest BCUT2D eigenvalue weighted by molar-refractivity contribution is 5.93. The molecule has 4 aromatic carbocycles. The molecule has 1 amide bonds. The zero-order valence-electron chi connectivity index (χ0n) is 28.4. The van der Waals surface area contributed by atoms with E-state index in [1.165, 1.54) is 11.1 Å². The van der Waals surface area contributed by atoms with Crippen LogP contribution >= 0.6 is 0 Å². The molecule has 8 nitrogen and oxygen atoms in total. The van der Waals surface area contributed by atoms with Crippen molar-refractivity contribution >= 4 is 17.5 Å². The van der Waals surface area contributed by atoms with E-state index in [9.17, 15) is 4.79 Å². The second kappa shape index (κ2) is 15.0. The minimum absolute atomic E-state index is 0.0888. The Bertz CT molecular complexity index is 1890. The number of carbonyl (C=O) groups is 1. The molecule has 1 saturated heterocycles. The number of carbonyl (C=O) groups excluding carboxylic acids is 1. The molecular formula is C41H44N6O2. The minimum Gasteiger partial charge on any atom is -0.496 e. The van der Waals surface area contributed by atoms with Gasteiger partial charge in [0.2, 0.25) is 11.9 Å². The first-order chi connectivity index (χ1) is 24.0. The van der Waals surface area contributed by atoms with Crippen molar-refractivity contribution in [1.82, 2.24) is 19.8 Å². The van der Waals surface area contributed by atoms with E-state index in [1.54, 1.807) is 7.11 Å². The summed E-state index contributed by atoms with van der Waals surface area (Å²) in [7, 11) is 3.83. The van der Waals surface area contributed by atoms with E-state index >= 15 is 0 Å². The van der Waals surface area contributed by atoms with Gasteiger partial charge in [0.05, 0.1) is 19.2 Å². The van der Waals surface area contributed by atoms with Crippen LogP contribution in [-0.2, 0) is 17.6 Å². The van der Waals surface area contributed by atoms with Gasteiger partial charge in [0.25, 0.3) is 0 Å². The van der Waals surface area contributed by atoms with Gasteiger partial charge in [-0.25, -0.2) is 9.97 Å². The topological polar surface area (TPSA) is 82.6 Å². The summed E-state index contributed by atoms with van der Waals surface area (Å²) in [6, 6.07) is 32.9. The van der Waals surface area contributed by atoms with Crippen molar-refractivity contribution in [3.63, 3.8) is 0 Å². The summed E-state index contributed by atoms with van der Waals surface area (Å²) in [5.74, 6) is 1.47. The summed E-state index contributed by atoms with van der Waals surface area (Å²) in [5.41, 5.74) is 9.54. The van der Waals surface area contributed by atoms with Crippen LogP contribution in [-0.4, -0.2) is 79.1 Å². The van der Waals surface area contributed by atoms with Crippen LogP contribution in [0.25, 0.3) is 22.4 Å². The third-order valence-corrected chi connectivity index (χ3v) is 9.75. The van der Waals surface area contributed by atoms with Crippen molar-refractivity contribution in [3.05, 3.63) is 126 Å². The Morgan fingerprint density at radius 1 is 0.898 bits per heavy atom. The largest absolute Gasteiger partial charge is 0.496 e. The highest BCUT2D eigenvalue weighted by atomic mass is 16.5. The monoisotopic (exact) mass is 652 g/mol. The molecule has 0 spiro atoms. The first kappa shape index (κ1) is 32.5. The minimum atomic E-state index is -0.0888. The number of nitrogens with zero attached hydrogens (tertiary/aromatic N) is 4. The highest BCUT2D eigenvalue weighted by Crippen LogP contribution is 2.42. The van der Waals surface area contributed by atoms with Crippen LogP contribution in [0, 0.1) is 0 Å². The van der Waals surface area contributed by atoms with Crippen molar-refractivity contribution in [2.75, 3.05) is 64.1 Å². The summed E-state index contributed by atoms with van der Waals surface area (Å²) in [6.45, 7) is 6.51. The van der Waals surface area contributed by atoms with Gasteiger partial charge >= 0.3 is 0 Å². The number of piperazine rings is 1. The van der Waals surface area contributed by atoms with Crippen LogP contribution in [0.5, 0.6) is 5.75 Å². The van der Waals surface area contributed by atoms with Crippen LogP contribution in [0.3, 0.4) is 0 Å². The third kappa shape index (κ3) is 7.66. The Morgan fingerprint density at radius 2 is 1.67 bits per heavy atom. The van der Waals surface area contributed by atoms with Crippen molar-refractivity contribution in [3.8, 4) is 28.1 Å². The van der Waals surface area contributed by atoms with Gasteiger partial charge in [0.15, 0.2) is 0 Å². The molecule has 2 N–H and O–H groups in total. The number of nitrogens with one attached hydrogen (secondary N) is 2. The lowest BCUT2D eigenvalue weighted by molar-refractivity contribution is -0.115. The highest BCUT2D eigenvalue weighted by Gasteiger charge is 2.27. The molecular weight excluding hydrogens is 608 g/mol. The molecule has 250 valence electrons.